The lowest BCUT2D eigenvalue weighted by Gasteiger charge is -2.22. The van der Waals surface area contributed by atoms with Gasteiger partial charge in [0.15, 0.2) is 9.84 Å². The summed E-state index contributed by atoms with van der Waals surface area (Å²) < 4.78 is 24.6. The standard InChI is InChI=1S/C24H28N2O6S/c1-17(2)15-20(23(28)26-21(24(29)30)16-18-9-5-3-6-10-18)25-22(27)13-14-33(31,32)19-11-7-4-8-12-19/h3-14,17,20-21H,15-16H2,1-2H3,(H,25,27)(H,26,28)(H,29,30)/t20-,21-/m0/s1. The van der Waals surface area contributed by atoms with Crippen LogP contribution in [0.25, 0.3) is 0 Å². The van der Waals surface area contributed by atoms with E-state index >= 15 is 0 Å². The van der Waals surface area contributed by atoms with Crippen molar-refractivity contribution < 1.29 is 27.9 Å². The highest BCUT2D eigenvalue weighted by Crippen LogP contribution is 2.12. The number of nitrogens with one attached hydrogen (secondary N) is 2. The number of sulfone groups is 1. The molecule has 8 nitrogen and oxygen atoms in total. The van der Waals surface area contributed by atoms with Crippen molar-refractivity contribution in [1.29, 1.82) is 0 Å². The van der Waals surface area contributed by atoms with E-state index in [1.807, 2.05) is 13.8 Å². The van der Waals surface area contributed by atoms with E-state index in [9.17, 15) is 27.9 Å². The van der Waals surface area contributed by atoms with Crippen molar-refractivity contribution in [2.24, 2.45) is 5.92 Å². The quantitative estimate of drug-likeness (QED) is 0.431. The van der Waals surface area contributed by atoms with E-state index < -0.39 is 39.7 Å². The van der Waals surface area contributed by atoms with Gasteiger partial charge in [0.05, 0.1) is 4.90 Å². The Morgan fingerprint density at radius 1 is 0.909 bits per heavy atom. The van der Waals surface area contributed by atoms with E-state index in [1.165, 1.54) is 12.1 Å². The van der Waals surface area contributed by atoms with Gasteiger partial charge in [-0.1, -0.05) is 62.4 Å². The van der Waals surface area contributed by atoms with Gasteiger partial charge in [-0.25, -0.2) is 13.2 Å². The van der Waals surface area contributed by atoms with Gasteiger partial charge in [0, 0.05) is 17.9 Å². The van der Waals surface area contributed by atoms with Crippen molar-refractivity contribution in [3.8, 4) is 0 Å². The van der Waals surface area contributed by atoms with Crippen molar-refractivity contribution in [2.75, 3.05) is 0 Å². The second-order valence-electron chi connectivity index (χ2n) is 7.94. The lowest BCUT2D eigenvalue weighted by molar-refractivity contribution is -0.142. The number of carbonyl (C=O) groups is 3. The normalized spacial score (nSPS) is 13.4. The van der Waals surface area contributed by atoms with E-state index in [2.05, 4.69) is 10.6 Å². The number of aliphatic carboxylic acids is 1. The molecule has 2 atom stereocenters. The van der Waals surface area contributed by atoms with Crippen molar-refractivity contribution in [3.05, 3.63) is 77.7 Å². The third-order valence-electron chi connectivity index (χ3n) is 4.71. The van der Waals surface area contributed by atoms with Gasteiger partial charge in [0.1, 0.15) is 12.1 Å². The zero-order valence-electron chi connectivity index (χ0n) is 18.5. The Bertz CT molecular complexity index is 1080. The molecule has 0 spiro atoms. The fraction of sp³-hybridized carbons (Fsp3) is 0.292. The molecule has 3 N–H and O–H groups in total. The van der Waals surface area contributed by atoms with Gasteiger partial charge in [-0.3, -0.25) is 9.59 Å². The van der Waals surface area contributed by atoms with E-state index in [1.54, 1.807) is 48.5 Å². The summed E-state index contributed by atoms with van der Waals surface area (Å²) in [5, 5.41) is 15.3. The third kappa shape index (κ3) is 8.53. The summed E-state index contributed by atoms with van der Waals surface area (Å²) in [5.41, 5.74) is 0.740. The second-order valence-corrected chi connectivity index (χ2v) is 9.77. The van der Waals surface area contributed by atoms with Crippen LogP contribution in [0.15, 0.2) is 77.0 Å². The maximum Gasteiger partial charge on any atom is 0.326 e. The molecule has 0 saturated carbocycles. The van der Waals surface area contributed by atoms with Gasteiger partial charge in [0.2, 0.25) is 11.8 Å². The predicted molar refractivity (Wildman–Crippen MR) is 124 cm³/mol. The first-order valence-electron chi connectivity index (χ1n) is 10.4. The fourth-order valence-electron chi connectivity index (χ4n) is 3.09. The highest BCUT2D eigenvalue weighted by Gasteiger charge is 2.27. The summed E-state index contributed by atoms with van der Waals surface area (Å²) in [6.07, 6.45) is 1.18. The van der Waals surface area contributed by atoms with Crippen molar-refractivity contribution >= 4 is 27.6 Å². The zero-order chi connectivity index (χ0) is 24.4. The smallest absolute Gasteiger partial charge is 0.326 e. The highest BCUT2D eigenvalue weighted by molar-refractivity contribution is 7.94. The van der Waals surface area contributed by atoms with Crippen molar-refractivity contribution in [3.63, 3.8) is 0 Å². The van der Waals surface area contributed by atoms with Crippen LogP contribution in [0.5, 0.6) is 0 Å². The Labute approximate surface area is 193 Å². The summed E-state index contributed by atoms with van der Waals surface area (Å²) in [6, 6.07) is 14.3. The molecular weight excluding hydrogens is 444 g/mol. The molecule has 33 heavy (non-hydrogen) atoms. The summed E-state index contributed by atoms with van der Waals surface area (Å²) in [7, 11) is -3.82. The van der Waals surface area contributed by atoms with Crippen LogP contribution in [-0.2, 0) is 30.6 Å². The van der Waals surface area contributed by atoms with Crippen LogP contribution < -0.4 is 10.6 Å². The Kier molecular flexibility index (Phi) is 9.35. The molecule has 0 heterocycles. The monoisotopic (exact) mass is 472 g/mol. The molecule has 0 radical (unpaired) electrons. The van der Waals surface area contributed by atoms with Gasteiger partial charge >= 0.3 is 5.97 Å². The molecule has 0 saturated heterocycles. The van der Waals surface area contributed by atoms with E-state index in [0.29, 0.717) is 0 Å². The maximum absolute atomic E-state index is 12.8. The number of benzene rings is 2. The Morgan fingerprint density at radius 2 is 1.48 bits per heavy atom. The lowest BCUT2D eigenvalue weighted by Crippen LogP contribution is -2.52. The maximum atomic E-state index is 12.8. The fourth-order valence-corrected chi connectivity index (χ4v) is 4.08. The molecule has 2 aromatic rings. The predicted octanol–water partition coefficient (Wildman–Crippen LogP) is 2.32. The Balaban J connectivity index is 2.09. The largest absolute Gasteiger partial charge is 0.480 e. The number of amides is 2. The summed E-state index contributed by atoms with van der Waals surface area (Å²) >= 11 is 0. The first-order valence-corrected chi connectivity index (χ1v) is 12.0. The molecule has 176 valence electrons. The SMILES string of the molecule is CC(C)C[C@H](NC(=O)C=CS(=O)(=O)c1ccccc1)C(=O)N[C@@H](Cc1ccccc1)C(=O)O. The van der Waals surface area contributed by atoms with Crippen LogP contribution in [0.4, 0.5) is 0 Å². The first-order chi connectivity index (χ1) is 15.6. The van der Waals surface area contributed by atoms with Crippen LogP contribution in [-0.4, -0.2) is 43.4 Å². The summed E-state index contributed by atoms with van der Waals surface area (Å²) in [4.78, 5) is 36.9. The van der Waals surface area contributed by atoms with Crippen LogP contribution >= 0.6 is 0 Å². The molecule has 0 unspecified atom stereocenters. The minimum atomic E-state index is -3.82. The van der Waals surface area contributed by atoms with Gasteiger partial charge in [-0.05, 0) is 30.0 Å². The van der Waals surface area contributed by atoms with Gasteiger partial charge < -0.3 is 15.7 Å². The van der Waals surface area contributed by atoms with Crippen LogP contribution in [0, 0.1) is 5.92 Å². The van der Waals surface area contributed by atoms with Crippen LogP contribution in [0.3, 0.4) is 0 Å². The van der Waals surface area contributed by atoms with E-state index in [-0.39, 0.29) is 23.7 Å². The van der Waals surface area contributed by atoms with Gasteiger partial charge in [0.25, 0.3) is 0 Å². The molecule has 0 bridgehead atoms. The molecule has 0 fully saturated rings. The third-order valence-corrected chi connectivity index (χ3v) is 6.13. The average molecular weight is 473 g/mol. The minimum absolute atomic E-state index is 0.00971. The lowest BCUT2D eigenvalue weighted by atomic mass is 10.0. The summed E-state index contributed by atoms with van der Waals surface area (Å²) in [6.45, 7) is 3.70. The molecule has 2 amide bonds. The molecule has 0 aromatic heterocycles. The summed E-state index contributed by atoms with van der Waals surface area (Å²) in [5.74, 6) is -2.61. The topological polar surface area (TPSA) is 130 Å². The molecule has 0 aliphatic rings. The minimum Gasteiger partial charge on any atom is -0.480 e. The van der Waals surface area contributed by atoms with E-state index in [0.717, 1.165) is 17.0 Å². The average Bonchev–Trinajstić information content (AvgIpc) is 2.78. The van der Waals surface area contributed by atoms with E-state index in [4.69, 9.17) is 0 Å². The second kappa shape index (κ2) is 12.0. The Morgan fingerprint density at radius 3 is 2.03 bits per heavy atom. The number of carboxylic acids is 1. The highest BCUT2D eigenvalue weighted by atomic mass is 32.2. The van der Waals surface area contributed by atoms with Crippen LogP contribution in [0.1, 0.15) is 25.8 Å². The number of carboxylic acid groups (broad SMARTS) is 1. The molecule has 0 aliphatic heterocycles. The molecular formula is C24H28N2O6S. The molecule has 9 heteroatoms. The number of hydrogen-bond donors (Lipinski definition) is 3. The van der Waals surface area contributed by atoms with Gasteiger partial charge in [-0.15, -0.1) is 0 Å². The first kappa shape index (κ1) is 25.8. The Hall–Kier alpha value is -3.46. The number of carbonyl (C=O) groups excluding carboxylic acids is 2. The molecule has 2 rings (SSSR count). The number of hydrogen-bond acceptors (Lipinski definition) is 5. The van der Waals surface area contributed by atoms with Crippen molar-refractivity contribution in [2.45, 2.75) is 43.7 Å². The zero-order valence-corrected chi connectivity index (χ0v) is 19.3. The van der Waals surface area contributed by atoms with Crippen molar-refractivity contribution in [1.82, 2.24) is 10.6 Å². The van der Waals surface area contributed by atoms with Gasteiger partial charge in [-0.2, -0.15) is 0 Å². The van der Waals surface area contributed by atoms with Crippen LogP contribution in [0.2, 0.25) is 0 Å². The number of rotatable bonds is 11. The molecule has 0 aliphatic carbocycles. The molecule has 2 aromatic carbocycles.